The van der Waals surface area contributed by atoms with Gasteiger partial charge in [0, 0.05) is 25.1 Å². The van der Waals surface area contributed by atoms with Crippen molar-refractivity contribution in [2.24, 2.45) is 0 Å². The van der Waals surface area contributed by atoms with Gasteiger partial charge in [-0.2, -0.15) is 15.2 Å². The van der Waals surface area contributed by atoms with Crippen molar-refractivity contribution in [1.82, 2.24) is 15.0 Å². The Balaban J connectivity index is 1.72. The van der Waals surface area contributed by atoms with Crippen LogP contribution in [0, 0.1) is 11.3 Å². The van der Waals surface area contributed by atoms with Gasteiger partial charge in [0.25, 0.3) is 0 Å². The Hall–Kier alpha value is -3.30. The van der Waals surface area contributed by atoms with Crippen LogP contribution < -0.4 is 4.90 Å². The summed E-state index contributed by atoms with van der Waals surface area (Å²) in [6.45, 7) is 2.88. The SMILES string of the molecule is N#Cc1ccc(-c2nc(Cc3ccccc3)nc(N3CCOCC3)n2)cc1. The first-order valence-electron chi connectivity index (χ1n) is 8.94. The fraction of sp³-hybridized carbons (Fsp3) is 0.238. The Bertz CT molecular complexity index is 945. The molecule has 0 radical (unpaired) electrons. The van der Waals surface area contributed by atoms with Gasteiger partial charge < -0.3 is 9.64 Å². The largest absolute Gasteiger partial charge is 0.378 e. The summed E-state index contributed by atoms with van der Waals surface area (Å²) >= 11 is 0. The molecule has 27 heavy (non-hydrogen) atoms. The summed E-state index contributed by atoms with van der Waals surface area (Å²) in [4.78, 5) is 16.2. The van der Waals surface area contributed by atoms with E-state index in [2.05, 4.69) is 33.1 Å². The Morgan fingerprint density at radius 2 is 1.67 bits per heavy atom. The third kappa shape index (κ3) is 4.10. The van der Waals surface area contributed by atoms with Gasteiger partial charge in [-0.15, -0.1) is 0 Å². The van der Waals surface area contributed by atoms with Gasteiger partial charge in [0.15, 0.2) is 5.82 Å². The summed E-state index contributed by atoms with van der Waals surface area (Å²) in [6.07, 6.45) is 0.643. The van der Waals surface area contributed by atoms with E-state index in [1.165, 1.54) is 0 Å². The zero-order chi connectivity index (χ0) is 18.5. The molecule has 0 amide bonds. The molecule has 0 bridgehead atoms. The van der Waals surface area contributed by atoms with Gasteiger partial charge >= 0.3 is 0 Å². The quantitative estimate of drug-likeness (QED) is 0.715. The monoisotopic (exact) mass is 357 g/mol. The minimum atomic E-state index is 0.616. The van der Waals surface area contributed by atoms with E-state index in [1.807, 2.05) is 30.3 Å². The van der Waals surface area contributed by atoms with Crippen LogP contribution in [-0.4, -0.2) is 41.3 Å². The minimum absolute atomic E-state index is 0.616. The lowest BCUT2D eigenvalue weighted by Crippen LogP contribution is -2.37. The van der Waals surface area contributed by atoms with Gasteiger partial charge in [-0.05, 0) is 29.8 Å². The molecule has 0 aliphatic carbocycles. The van der Waals surface area contributed by atoms with Crippen molar-refractivity contribution >= 4 is 5.95 Å². The second-order valence-electron chi connectivity index (χ2n) is 6.33. The molecule has 2 aromatic carbocycles. The maximum Gasteiger partial charge on any atom is 0.229 e. The molecule has 3 aromatic rings. The Morgan fingerprint density at radius 3 is 2.37 bits per heavy atom. The third-order valence-electron chi connectivity index (χ3n) is 4.44. The zero-order valence-corrected chi connectivity index (χ0v) is 14.9. The lowest BCUT2D eigenvalue weighted by molar-refractivity contribution is 0.122. The van der Waals surface area contributed by atoms with Crippen molar-refractivity contribution in [3.05, 3.63) is 71.5 Å². The molecule has 0 N–H and O–H groups in total. The molecule has 1 aliphatic rings. The molecule has 2 heterocycles. The molecule has 0 unspecified atom stereocenters. The van der Waals surface area contributed by atoms with Crippen LogP contribution in [0.5, 0.6) is 0 Å². The van der Waals surface area contributed by atoms with E-state index in [4.69, 9.17) is 15.0 Å². The topological polar surface area (TPSA) is 74.9 Å². The first-order valence-corrected chi connectivity index (χ1v) is 8.94. The van der Waals surface area contributed by atoms with Crippen molar-refractivity contribution in [3.8, 4) is 17.5 Å². The number of anilines is 1. The first kappa shape index (κ1) is 17.1. The maximum atomic E-state index is 9.01. The van der Waals surface area contributed by atoms with Gasteiger partial charge in [-0.1, -0.05) is 30.3 Å². The number of aromatic nitrogens is 3. The summed E-state index contributed by atoms with van der Waals surface area (Å²) in [6, 6.07) is 19.6. The predicted molar refractivity (Wildman–Crippen MR) is 102 cm³/mol. The van der Waals surface area contributed by atoms with Crippen LogP contribution in [0.25, 0.3) is 11.4 Å². The number of ether oxygens (including phenoxy) is 1. The Labute approximate surface area is 158 Å². The number of rotatable bonds is 4. The van der Waals surface area contributed by atoms with E-state index >= 15 is 0 Å². The molecule has 6 heteroatoms. The molecule has 1 fully saturated rings. The lowest BCUT2D eigenvalue weighted by Gasteiger charge is -2.27. The number of morpholine rings is 1. The molecule has 0 atom stereocenters. The van der Waals surface area contributed by atoms with Crippen LogP contribution in [0.2, 0.25) is 0 Å². The Kier molecular flexibility index (Phi) is 5.04. The normalized spacial score (nSPS) is 14.0. The summed E-state index contributed by atoms with van der Waals surface area (Å²) in [5.74, 6) is 2.04. The first-order chi connectivity index (χ1) is 13.3. The predicted octanol–water partition coefficient (Wildman–Crippen LogP) is 2.84. The molecule has 1 saturated heterocycles. The zero-order valence-electron chi connectivity index (χ0n) is 14.9. The molecule has 134 valence electrons. The second kappa shape index (κ2) is 7.94. The molecule has 1 aliphatic heterocycles. The van der Waals surface area contributed by atoms with Gasteiger partial charge in [0.05, 0.1) is 24.8 Å². The van der Waals surface area contributed by atoms with Crippen molar-refractivity contribution in [2.75, 3.05) is 31.2 Å². The van der Waals surface area contributed by atoms with Crippen molar-refractivity contribution in [1.29, 1.82) is 5.26 Å². The lowest BCUT2D eigenvalue weighted by atomic mass is 10.1. The molecule has 6 nitrogen and oxygen atoms in total. The summed E-state index contributed by atoms with van der Waals surface area (Å²) in [7, 11) is 0. The second-order valence-corrected chi connectivity index (χ2v) is 6.33. The van der Waals surface area contributed by atoms with Crippen LogP contribution in [0.4, 0.5) is 5.95 Å². The summed E-state index contributed by atoms with van der Waals surface area (Å²) < 4.78 is 5.44. The van der Waals surface area contributed by atoms with Gasteiger partial charge in [0.2, 0.25) is 5.95 Å². The maximum absolute atomic E-state index is 9.01. The van der Waals surface area contributed by atoms with E-state index in [0.29, 0.717) is 37.0 Å². The standard InChI is InChI=1S/C21H19N5O/c22-15-17-6-8-18(9-7-17)20-23-19(14-16-4-2-1-3-5-16)24-21(25-20)26-10-12-27-13-11-26/h1-9H,10-14H2. The average molecular weight is 357 g/mol. The van der Waals surface area contributed by atoms with Gasteiger partial charge in [-0.3, -0.25) is 0 Å². The highest BCUT2D eigenvalue weighted by Crippen LogP contribution is 2.20. The molecule has 4 rings (SSSR count). The van der Waals surface area contributed by atoms with Gasteiger partial charge in [-0.25, -0.2) is 4.98 Å². The van der Waals surface area contributed by atoms with Crippen LogP contribution >= 0.6 is 0 Å². The van der Waals surface area contributed by atoms with Crippen LogP contribution in [0.15, 0.2) is 54.6 Å². The fourth-order valence-electron chi connectivity index (χ4n) is 2.99. The van der Waals surface area contributed by atoms with Crippen LogP contribution in [0.3, 0.4) is 0 Å². The highest BCUT2D eigenvalue weighted by molar-refractivity contribution is 5.58. The Morgan fingerprint density at radius 1 is 0.926 bits per heavy atom. The molecule has 1 aromatic heterocycles. The number of hydrogen-bond acceptors (Lipinski definition) is 6. The molecular weight excluding hydrogens is 338 g/mol. The minimum Gasteiger partial charge on any atom is -0.378 e. The number of nitriles is 1. The summed E-state index contributed by atoms with van der Waals surface area (Å²) in [5, 5.41) is 9.01. The average Bonchev–Trinajstić information content (AvgIpc) is 2.75. The van der Waals surface area contributed by atoms with Crippen molar-refractivity contribution < 1.29 is 4.74 Å². The molecular formula is C21H19N5O. The smallest absolute Gasteiger partial charge is 0.229 e. The van der Waals surface area contributed by atoms with Gasteiger partial charge in [0.1, 0.15) is 5.82 Å². The summed E-state index contributed by atoms with van der Waals surface area (Å²) in [5.41, 5.74) is 2.65. The number of hydrogen-bond donors (Lipinski definition) is 0. The molecule has 0 saturated carbocycles. The highest BCUT2D eigenvalue weighted by Gasteiger charge is 2.17. The van der Waals surface area contributed by atoms with Crippen molar-refractivity contribution in [3.63, 3.8) is 0 Å². The number of nitrogens with zero attached hydrogens (tertiary/aromatic N) is 5. The van der Waals surface area contributed by atoms with E-state index < -0.39 is 0 Å². The van der Waals surface area contributed by atoms with E-state index in [9.17, 15) is 0 Å². The highest BCUT2D eigenvalue weighted by atomic mass is 16.5. The van der Waals surface area contributed by atoms with Crippen LogP contribution in [-0.2, 0) is 11.2 Å². The number of benzene rings is 2. The molecule has 0 spiro atoms. The fourth-order valence-corrected chi connectivity index (χ4v) is 2.99. The van der Waals surface area contributed by atoms with E-state index in [1.54, 1.807) is 12.1 Å². The van der Waals surface area contributed by atoms with Crippen LogP contribution in [0.1, 0.15) is 17.0 Å². The van der Waals surface area contributed by atoms with E-state index in [-0.39, 0.29) is 0 Å². The van der Waals surface area contributed by atoms with E-state index in [0.717, 1.165) is 30.0 Å². The van der Waals surface area contributed by atoms with Crippen molar-refractivity contribution in [2.45, 2.75) is 6.42 Å². The third-order valence-corrected chi connectivity index (χ3v) is 4.44.